The fraction of sp³-hybridized carbons (Fsp3) is 0.545. The SMILES string of the molecule is O=C1[C@@H]2[C@H](C(=O)N1c1ccccc1)[C@@H]1C=C[C@H]2[C@@]2(CCCO2)[C@@]12CCCO2. The quantitative estimate of drug-likeness (QED) is 0.567. The van der Waals surface area contributed by atoms with E-state index < -0.39 is 11.2 Å². The van der Waals surface area contributed by atoms with Gasteiger partial charge in [-0.15, -0.1) is 0 Å². The first-order chi connectivity index (χ1) is 13.2. The lowest BCUT2D eigenvalue weighted by molar-refractivity contribution is -0.247. The molecule has 4 fully saturated rings. The van der Waals surface area contributed by atoms with Gasteiger partial charge in [0.2, 0.25) is 11.8 Å². The zero-order chi connectivity index (χ0) is 18.2. The number of benzene rings is 1. The van der Waals surface area contributed by atoms with Gasteiger partial charge in [-0.1, -0.05) is 30.4 Å². The van der Waals surface area contributed by atoms with Crippen LogP contribution in [0.5, 0.6) is 0 Å². The topological polar surface area (TPSA) is 55.8 Å². The summed E-state index contributed by atoms with van der Waals surface area (Å²) < 4.78 is 12.9. The van der Waals surface area contributed by atoms with E-state index in [1.165, 1.54) is 4.90 Å². The van der Waals surface area contributed by atoms with Crippen LogP contribution in [-0.4, -0.2) is 36.2 Å². The van der Waals surface area contributed by atoms with Gasteiger partial charge in [-0.3, -0.25) is 14.5 Å². The molecule has 140 valence electrons. The molecule has 7 rings (SSSR count). The van der Waals surface area contributed by atoms with Gasteiger partial charge < -0.3 is 9.47 Å². The number of anilines is 1. The number of carbonyl (C=O) groups excluding carboxylic acids is 2. The summed E-state index contributed by atoms with van der Waals surface area (Å²) in [6.45, 7) is 1.42. The summed E-state index contributed by atoms with van der Waals surface area (Å²) in [5.74, 6) is -0.977. The van der Waals surface area contributed by atoms with Gasteiger partial charge in [0.15, 0.2) is 0 Å². The molecular weight excluding hydrogens is 342 g/mol. The maximum Gasteiger partial charge on any atom is 0.238 e. The normalized spacial score (nSPS) is 44.8. The minimum atomic E-state index is -0.452. The van der Waals surface area contributed by atoms with Crippen molar-refractivity contribution in [3.63, 3.8) is 0 Å². The standard InChI is InChI=1S/C22H23NO4/c24-19-17-15-8-9-16(18(17)20(25)23(19)14-6-2-1-3-7-14)22(11-5-13-27-22)21(15)10-4-12-26-21/h1-3,6-9,15-18H,4-5,10-13H2/t15-,16+,17+,18-,21+,22-. The van der Waals surface area contributed by atoms with Crippen molar-refractivity contribution >= 4 is 17.5 Å². The molecule has 3 aliphatic carbocycles. The largest absolute Gasteiger partial charge is 0.371 e. The van der Waals surface area contributed by atoms with E-state index >= 15 is 0 Å². The molecule has 0 unspecified atom stereocenters. The maximum atomic E-state index is 13.5. The molecule has 3 heterocycles. The van der Waals surface area contributed by atoms with Crippen molar-refractivity contribution in [3.8, 4) is 0 Å². The Labute approximate surface area is 158 Å². The van der Waals surface area contributed by atoms with Gasteiger partial charge in [-0.05, 0) is 37.8 Å². The van der Waals surface area contributed by atoms with E-state index in [9.17, 15) is 9.59 Å². The van der Waals surface area contributed by atoms with Crippen molar-refractivity contribution in [2.45, 2.75) is 36.9 Å². The van der Waals surface area contributed by atoms with Gasteiger partial charge in [0, 0.05) is 25.0 Å². The molecule has 0 aromatic heterocycles. The lowest BCUT2D eigenvalue weighted by atomic mass is 9.48. The molecule has 0 N–H and O–H groups in total. The van der Waals surface area contributed by atoms with E-state index in [4.69, 9.17) is 9.47 Å². The third-order valence-corrected chi connectivity index (χ3v) is 7.61. The third-order valence-electron chi connectivity index (χ3n) is 7.61. The van der Waals surface area contributed by atoms with E-state index in [-0.39, 0.29) is 35.5 Å². The van der Waals surface area contributed by atoms with Crippen LogP contribution in [0.1, 0.15) is 25.7 Å². The van der Waals surface area contributed by atoms with E-state index in [1.807, 2.05) is 30.3 Å². The number of nitrogens with zero attached hydrogens (tertiary/aromatic N) is 1. The Bertz CT molecular complexity index is 785. The summed E-state index contributed by atoms with van der Waals surface area (Å²) >= 11 is 0. The lowest BCUT2D eigenvalue weighted by Crippen LogP contribution is -2.71. The number of ether oxygens (including phenoxy) is 2. The zero-order valence-electron chi connectivity index (χ0n) is 15.2. The monoisotopic (exact) mass is 365 g/mol. The average molecular weight is 365 g/mol. The smallest absolute Gasteiger partial charge is 0.238 e. The Morgan fingerprint density at radius 1 is 0.815 bits per heavy atom. The Morgan fingerprint density at radius 3 is 1.78 bits per heavy atom. The predicted octanol–water partition coefficient (Wildman–Crippen LogP) is 2.71. The Hall–Kier alpha value is -1.98. The fourth-order valence-electron chi connectivity index (χ4n) is 6.75. The van der Waals surface area contributed by atoms with Crippen LogP contribution >= 0.6 is 0 Å². The van der Waals surface area contributed by atoms with Crippen LogP contribution in [0.15, 0.2) is 42.5 Å². The molecule has 5 heteroatoms. The molecular formula is C22H23NO4. The lowest BCUT2D eigenvalue weighted by Gasteiger charge is -2.61. The highest BCUT2D eigenvalue weighted by molar-refractivity contribution is 6.22. The molecule has 1 aromatic carbocycles. The summed E-state index contributed by atoms with van der Waals surface area (Å²) in [4.78, 5) is 28.3. The highest BCUT2D eigenvalue weighted by atomic mass is 16.6. The highest BCUT2D eigenvalue weighted by Gasteiger charge is 2.75. The van der Waals surface area contributed by atoms with E-state index in [1.54, 1.807) is 0 Å². The number of amides is 2. The molecule has 6 aliphatic rings. The molecule has 27 heavy (non-hydrogen) atoms. The molecule has 2 spiro atoms. The van der Waals surface area contributed by atoms with Crippen LogP contribution in [0.25, 0.3) is 0 Å². The number of rotatable bonds is 1. The maximum absolute atomic E-state index is 13.5. The minimum absolute atomic E-state index is 0.0710. The summed E-state index contributed by atoms with van der Waals surface area (Å²) in [6.07, 6.45) is 8.12. The summed E-state index contributed by atoms with van der Waals surface area (Å²) in [5, 5.41) is 0. The molecule has 2 bridgehead atoms. The number of hydrogen-bond acceptors (Lipinski definition) is 4. The van der Waals surface area contributed by atoms with Crippen molar-refractivity contribution in [2.75, 3.05) is 18.1 Å². The number of imide groups is 1. The van der Waals surface area contributed by atoms with Crippen molar-refractivity contribution in [2.24, 2.45) is 23.7 Å². The second kappa shape index (κ2) is 5.30. The van der Waals surface area contributed by atoms with Crippen LogP contribution < -0.4 is 4.90 Å². The van der Waals surface area contributed by atoms with E-state index in [0.717, 1.165) is 25.7 Å². The van der Waals surface area contributed by atoms with Crippen molar-refractivity contribution < 1.29 is 19.1 Å². The van der Waals surface area contributed by atoms with Crippen LogP contribution in [0.4, 0.5) is 5.69 Å². The molecule has 3 aliphatic heterocycles. The first-order valence-corrected chi connectivity index (χ1v) is 10.1. The van der Waals surface area contributed by atoms with Crippen molar-refractivity contribution in [3.05, 3.63) is 42.5 Å². The second-order valence-electron chi connectivity index (χ2n) is 8.52. The Balaban J connectivity index is 1.50. The van der Waals surface area contributed by atoms with E-state index in [2.05, 4.69) is 12.2 Å². The van der Waals surface area contributed by atoms with Gasteiger partial charge in [0.1, 0.15) is 11.2 Å². The molecule has 1 saturated carbocycles. The minimum Gasteiger partial charge on any atom is -0.371 e. The summed E-state index contributed by atoms with van der Waals surface area (Å²) in [6, 6.07) is 9.32. The van der Waals surface area contributed by atoms with Gasteiger partial charge >= 0.3 is 0 Å². The predicted molar refractivity (Wildman–Crippen MR) is 97.9 cm³/mol. The van der Waals surface area contributed by atoms with Crippen molar-refractivity contribution in [1.29, 1.82) is 0 Å². The van der Waals surface area contributed by atoms with Crippen LogP contribution in [0.3, 0.4) is 0 Å². The molecule has 1 aromatic rings. The van der Waals surface area contributed by atoms with Crippen molar-refractivity contribution in [1.82, 2.24) is 0 Å². The molecule has 0 radical (unpaired) electrons. The van der Waals surface area contributed by atoms with E-state index in [0.29, 0.717) is 18.9 Å². The highest BCUT2D eigenvalue weighted by Crippen LogP contribution is 2.66. The van der Waals surface area contributed by atoms with Crippen LogP contribution in [-0.2, 0) is 19.1 Å². The van der Waals surface area contributed by atoms with Crippen LogP contribution in [0.2, 0.25) is 0 Å². The number of para-hydroxylation sites is 1. The first kappa shape index (κ1) is 16.0. The summed E-state index contributed by atoms with van der Waals surface area (Å²) in [7, 11) is 0. The molecule has 5 nitrogen and oxygen atoms in total. The Morgan fingerprint density at radius 2 is 1.33 bits per heavy atom. The first-order valence-electron chi connectivity index (χ1n) is 10.1. The average Bonchev–Trinajstić information content (AvgIpc) is 3.42. The number of hydrogen-bond donors (Lipinski definition) is 0. The van der Waals surface area contributed by atoms with Gasteiger partial charge in [-0.2, -0.15) is 0 Å². The van der Waals surface area contributed by atoms with Gasteiger partial charge in [0.05, 0.1) is 17.5 Å². The number of carbonyl (C=O) groups is 2. The second-order valence-corrected chi connectivity index (χ2v) is 8.52. The fourth-order valence-corrected chi connectivity index (χ4v) is 6.75. The van der Waals surface area contributed by atoms with Gasteiger partial charge in [0.25, 0.3) is 0 Å². The summed E-state index contributed by atoms with van der Waals surface area (Å²) in [5.41, 5.74) is -0.233. The van der Waals surface area contributed by atoms with Gasteiger partial charge in [-0.25, -0.2) is 0 Å². The Kier molecular flexibility index (Phi) is 3.14. The molecule has 2 amide bonds. The van der Waals surface area contributed by atoms with Crippen LogP contribution in [0, 0.1) is 23.7 Å². The third kappa shape index (κ3) is 1.73. The molecule has 6 atom stereocenters. The zero-order valence-corrected chi connectivity index (χ0v) is 15.2. The molecule has 3 saturated heterocycles.